The highest BCUT2D eigenvalue weighted by molar-refractivity contribution is 5.42. The van der Waals surface area contributed by atoms with Crippen LogP contribution in [0.3, 0.4) is 0 Å². The van der Waals surface area contributed by atoms with Gasteiger partial charge < -0.3 is 0 Å². The molecule has 2 rings (SSSR count). The van der Waals surface area contributed by atoms with Crippen molar-refractivity contribution in [2.24, 2.45) is 4.99 Å². The van der Waals surface area contributed by atoms with Gasteiger partial charge in [-0.2, -0.15) is 18.2 Å². The first-order chi connectivity index (χ1) is 9.93. The van der Waals surface area contributed by atoms with Gasteiger partial charge in [0.2, 0.25) is 6.08 Å². The van der Waals surface area contributed by atoms with Gasteiger partial charge in [-0.1, -0.05) is 36.4 Å². The molecule has 0 amide bonds. The highest BCUT2D eigenvalue weighted by Crippen LogP contribution is 2.35. The van der Waals surface area contributed by atoms with Gasteiger partial charge in [-0.25, -0.2) is 9.18 Å². The van der Waals surface area contributed by atoms with E-state index < -0.39 is 23.6 Å². The summed E-state index contributed by atoms with van der Waals surface area (Å²) in [6, 6.07) is 9.87. The first-order valence-electron chi connectivity index (χ1n) is 5.92. The van der Waals surface area contributed by atoms with Crippen LogP contribution in [0.4, 0.5) is 17.6 Å². The lowest BCUT2D eigenvalue weighted by atomic mass is 9.97. The minimum atomic E-state index is -4.81. The average Bonchev–Trinajstić information content (AvgIpc) is 2.45. The van der Waals surface area contributed by atoms with Crippen molar-refractivity contribution in [1.82, 2.24) is 0 Å². The third-order valence-corrected chi connectivity index (χ3v) is 2.91. The molecule has 0 radical (unpaired) electrons. The molecule has 0 heterocycles. The maximum atomic E-state index is 13.3. The quantitative estimate of drug-likeness (QED) is 0.472. The standard InChI is InChI=1S/C15H9F4NO/c16-13-7-6-11(8-12(13)15(17,18)19)14(20-9-21)10-4-2-1-3-5-10/h1-8,14H. The second-order valence-corrected chi connectivity index (χ2v) is 4.27. The molecule has 0 aromatic heterocycles. The molecule has 0 aliphatic carbocycles. The number of isocyanates is 1. The number of carbonyl (C=O) groups excluding carboxylic acids is 1. The zero-order valence-electron chi connectivity index (χ0n) is 10.6. The average molecular weight is 295 g/mol. The number of hydrogen-bond acceptors (Lipinski definition) is 2. The smallest absolute Gasteiger partial charge is 0.211 e. The summed E-state index contributed by atoms with van der Waals surface area (Å²) in [4.78, 5) is 14.0. The minimum absolute atomic E-state index is 0.0678. The van der Waals surface area contributed by atoms with Crippen LogP contribution in [0.1, 0.15) is 22.7 Å². The molecule has 21 heavy (non-hydrogen) atoms. The van der Waals surface area contributed by atoms with Crippen LogP contribution < -0.4 is 0 Å². The van der Waals surface area contributed by atoms with Crippen LogP contribution in [0.2, 0.25) is 0 Å². The Balaban J connectivity index is 2.55. The number of hydrogen-bond donors (Lipinski definition) is 0. The van der Waals surface area contributed by atoms with E-state index in [1.54, 1.807) is 30.3 Å². The molecule has 0 fully saturated rings. The fraction of sp³-hybridized carbons (Fsp3) is 0.133. The Morgan fingerprint density at radius 3 is 2.24 bits per heavy atom. The van der Waals surface area contributed by atoms with Crippen molar-refractivity contribution in [3.05, 3.63) is 71.0 Å². The summed E-state index contributed by atoms with van der Waals surface area (Å²) in [5.41, 5.74) is -0.805. The van der Waals surface area contributed by atoms with E-state index in [1.807, 2.05) is 0 Å². The zero-order valence-corrected chi connectivity index (χ0v) is 10.6. The highest BCUT2D eigenvalue weighted by atomic mass is 19.4. The summed E-state index contributed by atoms with van der Waals surface area (Å²) in [6.45, 7) is 0. The zero-order chi connectivity index (χ0) is 15.5. The SMILES string of the molecule is O=C=NC(c1ccccc1)c1ccc(F)c(C(F)(F)F)c1. The van der Waals surface area contributed by atoms with E-state index in [2.05, 4.69) is 4.99 Å². The third-order valence-electron chi connectivity index (χ3n) is 2.91. The molecule has 2 nitrogen and oxygen atoms in total. The van der Waals surface area contributed by atoms with Crippen LogP contribution in [0.5, 0.6) is 0 Å². The molecule has 2 aromatic rings. The molecule has 0 saturated carbocycles. The summed E-state index contributed by atoms with van der Waals surface area (Å²) in [7, 11) is 0. The minimum Gasteiger partial charge on any atom is -0.211 e. The predicted octanol–water partition coefficient (Wildman–Crippen LogP) is 4.27. The number of benzene rings is 2. The fourth-order valence-electron chi connectivity index (χ4n) is 1.96. The van der Waals surface area contributed by atoms with E-state index in [1.165, 1.54) is 12.1 Å². The van der Waals surface area contributed by atoms with Gasteiger partial charge in [-0.3, -0.25) is 0 Å². The molecule has 1 unspecified atom stereocenters. The van der Waals surface area contributed by atoms with Crippen molar-refractivity contribution >= 4 is 6.08 Å². The first-order valence-corrected chi connectivity index (χ1v) is 5.92. The normalized spacial score (nSPS) is 12.6. The Bertz CT molecular complexity index is 676. The Morgan fingerprint density at radius 1 is 1.00 bits per heavy atom. The van der Waals surface area contributed by atoms with Crippen LogP contribution in [-0.4, -0.2) is 6.08 Å². The lowest BCUT2D eigenvalue weighted by molar-refractivity contribution is -0.140. The first kappa shape index (κ1) is 14.9. The molecule has 108 valence electrons. The molecule has 0 N–H and O–H groups in total. The maximum absolute atomic E-state index is 13.3. The van der Waals surface area contributed by atoms with E-state index in [-0.39, 0.29) is 5.56 Å². The van der Waals surface area contributed by atoms with Gasteiger partial charge in [0.05, 0.1) is 5.56 Å². The van der Waals surface area contributed by atoms with E-state index in [4.69, 9.17) is 0 Å². The van der Waals surface area contributed by atoms with E-state index >= 15 is 0 Å². The summed E-state index contributed by atoms with van der Waals surface area (Å²) in [5, 5.41) is 0. The Kier molecular flexibility index (Phi) is 4.19. The van der Waals surface area contributed by atoms with Crippen molar-refractivity contribution in [3.63, 3.8) is 0 Å². The molecular formula is C15H9F4NO. The molecule has 6 heteroatoms. The van der Waals surface area contributed by atoms with E-state index in [0.717, 1.165) is 0 Å². The number of rotatable bonds is 3. The summed E-state index contributed by atoms with van der Waals surface area (Å²) in [5.74, 6) is -1.37. The Hall–Kier alpha value is -2.46. The van der Waals surface area contributed by atoms with Crippen LogP contribution in [0.15, 0.2) is 53.5 Å². The molecule has 0 saturated heterocycles. The van der Waals surface area contributed by atoms with Crippen molar-refractivity contribution in [2.75, 3.05) is 0 Å². The predicted molar refractivity (Wildman–Crippen MR) is 67.8 cm³/mol. The van der Waals surface area contributed by atoms with Crippen LogP contribution in [0, 0.1) is 5.82 Å². The van der Waals surface area contributed by atoms with Gasteiger partial charge in [-0.05, 0) is 23.3 Å². The largest absolute Gasteiger partial charge is 0.419 e. The molecule has 2 aromatic carbocycles. The van der Waals surface area contributed by atoms with E-state index in [0.29, 0.717) is 17.7 Å². The maximum Gasteiger partial charge on any atom is 0.419 e. The second kappa shape index (κ2) is 5.89. The monoisotopic (exact) mass is 295 g/mol. The summed E-state index contributed by atoms with van der Waals surface area (Å²) < 4.78 is 51.5. The number of alkyl halides is 3. The highest BCUT2D eigenvalue weighted by Gasteiger charge is 2.34. The lowest BCUT2D eigenvalue weighted by Crippen LogP contribution is -2.10. The fourth-order valence-corrected chi connectivity index (χ4v) is 1.96. The number of halogens is 4. The number of nitrogens with zero attached hydrogens (tertiary/aromatic N) is 1. The molecule has 0 spiro atoms. The van der Waals surface area contributed by atoms with Crippen LogP contribution in [-0.2, 0) is 11.0 Å². The van der Waals surface area contributed by atoms with Gasteiger partial charge in [-0.15, -0.1) is 0 Å². The van der Waals surface area contributed by atoms with Crippen molar-refractivity contribution in [3.8, 4) is 0 Å². The van der Waals surface area contributed by atoms with Crippen molar-refractivity contribution < 1.29 is 22.4 Å². The van der Waals surface area contributed by atoms with Gasteiger partial charge in [0.15, 0.2) is 0 Å². The molecule has 0 aliphatic rings. The Labute approximate surface area is 117 Å². The van der Waals surface area contributed by atoms with Gasteiger partial charge in [0.25, 0.3) is 0 Å². The van der Waals surface area contributed by atoms with Gasteiger partial charge in [0.1, 0.15) is 11.9 Å². The van der Waals surface area contributed by atoms with Crippen molar-refractivity contribution in [2.45, 2.75) is 12.2 Å². The third kappa shape index (κ3) is 3.35. The number of aliphatic imine (C=N–C) groups is 1. The van der Waals surface area contributed by atoms with Crippen LogP contribution in [0.25, 0.3) is 0 Å². The Morgan fingerprint density at radius 2 is 1.67 bits per heavy atom. The topological polar surface area (TPSA) is 29.4 Å². The molecule has 0 aliphatic heterocycles. The van der Waals surface area contributed by atoms with Gasteiger partial charge in [0, 0.05) is 0 Å². The lowest BCUT2D eigenvalue weighted by Gasteiger charge is -2.14. The van der Waals surface area contributed by atoms with Crippen LogP contribution >= 0.6 is 0 Å². The molecule has 1 atom stereocenters. The van der Waals surface area contributed by atoms with Crippen molar-refractivity contribution in [1.29, 1.82) is 0 Å². The van der Waals surface area contributed by atoms with Gasteiger partial charge >= 0.3 is 6.18 Å². The summed E-state index contributed by atoms with van der Waals surface area (Å²) >= 11 is 0. The second-order valence-electron chi connectivity index (χ2n) is 4.27. The molecular weight excluding hydrogens is 286 g/mol. The molecule has 0 bridgehead atoms. The summed E-state index contributed by atoms with van der Waals surface area (Å²) in [6.07, 6.45) is -3.48. The van der Waals surface area contributed by atoms with E-state index in [9.17, 15) is 22.4 Å².